The molecule has 0 atom stereocenters. The monoisotopic (exact) mass is 391 g/mol. The van der Waals surface area contributed by atoms with Crippen molar-refractivity contribution in [2.24, 2.45) is 0 Å². The van der Waals surface area contributed by atoms with Crippen LogP contribution in [0.25, 0.3) is 0 Å². The maximum absolute atomic E-state index is 12.5. The van der Waals surface area contributed by atoms with Crippen LogP contribution in [0.15, 0.2) is 0 Å². The number of hydrogen-bond donors (Lipinski definition) is 4. The molecule has 2 rings (SSSR count). The number of unbranched alkanes of at least 4 members (excludes halogenated alkanes) is 9. The fourth-order valence-corrected chi connectivity index (χ4v) is 3.43. The molecule has 4 N–H and O–H groups in total. The van der Waals surface area contributed by atoms with Crippen LogP contribution >= 0.6 is 12.4 Å². The first-order valence-corrected chi connectivity index (χ1v) is 10.2. The summed E-state index contributed by atoms with van der Waals surface area (Å²) in [5.74, 6) is -1.24. The molecule has 154 valence electrons. The van der Waals surface area contributed by atoms with E-state index in [9.17, 15) is 4.79 Å². The molecule has 7 nitrogen and oxygen atoms in total. The summed E-state index contributed by atoms with van der Waals surface area (Å²) in [5.41, 5.74) is 6.32. The number of hydrogen-bond acceptors (Lipinski definition) is 7. The van der Waals surface area contributed by atoms with Gasteiger partial charge in [0.1, 0.15) is 0 Å². The highest BCUT2D eigenvalue weighted by atomic mass is 35.5. The van der Waals surface area contributed by atoms with Crippen molar-refractivity contribution in [2.75, 3.05) is 32.8 Å². The molecule has 2 heterocycles. The lowest BCUT2D eigenvalue weighted by Gasteiger charge is -2.35. The van der Waals surface area contributed by atoms with E-state index in [2.05, 4.69) is 28.4 Å². The van der Waals surface area contributed by atoms with Gasteiger partial charge in [-0.3, -0.25) is 10.6 Å². The molecule has 0 bridgehead atoms. The average molecular weight is 392 g/mol. The quantitative estimate of drug-likeness (QED) is 0.282. The number of nitrogens with one attached hydrogen (secondary N) is 4. The van der Waals surface area contributed by atoms with Gasteiger partial charge in [-0.15, -0.1) is 17.5 Å². The Bertz CT molecular complexity index is 375. The molecule has 0 aromatic carbocycles. The van der Waals surface area contributed by atoms with E-state index in [0.29, 0.717) is 6.61 Å². The van der Waals surface area contributed by atoms with Gasteiger partial charge in [-0.1, -0.05) is 64.7 Å². The molecule has 0 radical (unpaired) electrons. The summed E-state index contributed by atoms with van der Waals surface area (Å²) in [4.78, 5) is 12.5. The van der Waals surface area contributed by atoms with Crippen LogP contribution in [-0.4, -0.2) is 49.7 Å². The highest BCUT2D eigenvalue weighted by Gasteiger charge is 2.49. The molecular formula is C18H38ClN5O2. The predicted octanol–water partition coefficient (Wildman–Crippen LogP) is 2.04. The normalized spacial score (nSPS) is 19.4. The van der Waals surface area contributed by atoms with Gasteiger partial charge in [0.05, 0.1) is 6.61 Å². The smallest absolute Gasteiger partial charge is 0.360 e. The molecule has 0 saturated carbocycles. The predicted molar refractivity (Wildman–Crippen MR) is 107 cm³/mol. The summed E-state index contributed by atoms with van der Waals surface area (Å²) in [6, 6.07) is 0. The molecule has 2 fully saturated rings. The van der Waals surface area contributed by atoms with E-state index >= 15 is 0 Å². The Labute approximate surface area is 164 Å². The second-order valence-corrected chi connectivity index (χ2v) is 7.03. The van der Waals surface area contributed by atoms with Gasteiger partial charge < -0.3 is 4.74 Å². The number of rotatable bonds is 13. The van der Waals surface area contributed by atoms with Crippen LogP contribution in [-0.2, 0) is 9.53 Å². The van der Waals surface area contributed by atoms with Crippen molar-refractivity contribution in [3.05, 3.63) is 0 Å². The lowest BCUT2D eigenvalue weighted by Crippen LogP contribution is -2.72. The third kappa shape index (κ3) is 7.29. The van der Waals surface area contributed by atoms with Gasteiger partial charge in [0.25, 0.3) is 5.79 Å². The van der Waals surface area contributed by atoms with Crippen molar-refractivity contribution in [1.29, 1.82) is 0 Å². The SMILES string of the molecule is CCCCCCCCCCCCOC(=O)C1(N2NCCN2)NCCN1.Cl. The lowest BCUT2D eigenvalue weighted by molar-refractivity contribution is -0.167. The van der Waals surface area contributed by atoms with Crippen molar-refractivity contribution in [3.63, 3.8) is 0 Å². The maximum atomic E-state index is 12.5. The van der Waals surface area contributed by atoms with Crippen LogP contribution in [0, 0.1) is 0 Å². The van der Waals surface area contributed by atoms with E-state index in [1.165, 1.54) is 51.4 Å². The molecule has 0 aromatic rings. The Morgan fingerprint density at radius 1 is 0.846 bits per heavy atom. The molecule has 0 amide bonds. The number of esters is 1. The van der Waals surface area contributed by atoms with Crippen molar-refractivity contribution in [2.45, 2.75) is 76.9 Å². The van der Waals surface area contributed by atoms with Crippen LogP contribution in [0.4, 0.5) is 0 Å². The minimum atomic E-state index is -0.977. The Kier molecular flexibility index (Phi) is 12.4. The molecular weight excluding hydrogens is 354 g/mol. The van der Waals surface area contributed by atoms with E-state index < -0.39 is 5.79 Å². The van der Waals surface area contributed by atoms with Gasteiger partial charge in [0.2, 0.25) is 0 Å². The summed E-state index contributed by atoms with van der Waals surface area (Å²) < 4.78 is 5.53. The minimum absolute atomic E-state index is 0. The summed E-state index contributed by atoms with van der Waals surface area (Å²) in [6.07, 6.45) is 12.8. The first-order valence-electron chi connectivity index (χ1n) is 10.2. The van der Waals surface area contributed by atoms with E-state index in [1.54, 1.807) is 5.12 Å². The number of carbonyl (C=O) groups is 1. The number of carbonyl (C=O) groups excluding carboxylic acids is 1. The van der Waals surface area contributed by atoms with Crippen LogP contribution < -0.4 is 21.5 Å². The zero-order valence-corrected chi connectivity index (χ0v) is 17.1. The first kappa shape index (κ1) is 23.6. The molecule has 0 spiro atoms. The standard InChI is InChI=1S/C18H37N5O2.ClH/c1-2-3-4-5-6-7-8-9-10-11-16-25-17(24)18(19-12-13-20-18)23-21-14-15-22-23;/h19-22H,2-16H2,1H3;1H. The lowest BCUT2D eigenvalue weighted by atomic mass is 10.1. The Hall–Kier alpha value is -0.440. The summed E-state index contributed by atoms with van der Waals surface area (Å²) in [5, 5.41) is 8.14. The Balaban J connectivity index is 0.00000338. The van der Waals surface area contributed by atoms with Gasteiger partial charge >= 0.3 is 5.97 Å². The van der Waals surface area contributed by atoms with E-state index in [4.69, 9.17) is 4.74 Å². The minimum Gasteiger partial charge on any atom is -0.462 e. The van der Waals surface area contributed by atoms with Crippen molar-refractivity contribution < 1.29 is 9.53 Å². The molecule has 0 unspecified atom stereocenters. The van der Waals surface area contributed by atoms with Crippen LogP contribution in [0.2, 0.25) is 0 Å². The number of halogens is 1. The van der Waals surface area contributed by atoms with Gasteiger partial charge in [0, 0.05) is 26.2 Å². The zero-order valence-electron chi connectivity index (χ0n) is 16.3. The molecule has 2 saturated heterocycles. The third-order valence-corrected chi connectivity index (χ3v) is 4.91. The Morgan fingerprint density at radius 3 is 1.88 bits per heavy atom. The molecule has 0 aromatic heterocycles. The van der Waals surface area contributed by atoms with Crippen LogP contribution in [0.3, 0.4) is 0 Å². The summed E-state index contributed by atoms with van der Waals surface area (Å²) in [7, 11) is 0. The maximum Gasteiger partial charge on any atom is 0.360 e. The van der Waals surface area contributed by atoms with E-state index in [-0.39, 0.29) is 18.4 Å². The molecule has 8 heteroatoms. The topological polar surface area (TPSA) is 77.7 Å². The van der Waals surface area contributed by atoms with E-state index in [1.807, 2.05) is 0 Å². The van der Waals surface area contributed by atoms with Crippen molar-refractivity contribution in [3.8, 4) is 0 Å². The van der Waals surface area contributed by atoms with Gasteiger partial charge in [-0.2, -0.15) is 0 Å². The highest BCUT2D eigenvalue weighted by Crippen LogP contribution is 2.14. The summed E-state index contributed by atoms with van der Waals surface area (Å²) >= 11 is 0. The Morgan fingerprint density at radius 2 is 1.35 bits per heavy atom. The van der Waals surface area contributed by atoms with Gasteiger partial charge in [-0.25, -0.2) is 15.6 Å². The second kappa shape index (κ2) is 13.7. The third-order valence-electron chi connectivity index (χ3n) is 4.91. The molecule has 2 aliphatic heterocycles. The molecule has 2 aliphatic rings. The van der Waals surface area contributed by atoms with E-state index in [0.717, 1.165) is 39.0 Å². The van der Waals surface area contributed by atoms with Crippen LogP contribution in [0.1, 0.15) is 71.1 Å². The van der Waals surface area contributed by atoms with Crippen molar-refractivity contribution in [1.82, 2.24) is 26.6 Å². The van der Waals surface area contributed by atoms with Gasteiger partial charge in [-0.05, 0) is 6.42 Å². The highest BCUT2D eigenvalue weighted by molar-refractivity contribution is 5.85. The number of hydrazine groups is 2. The number of nitrogens with zero attached hydrogens (tertiary/aromatic N) is 1. The average Bonchev–Trinajstić information content (AvgIpc) is 3.31. The molecule has 0 aliphatic carbocycles. The van der Waals surface area contributed by atoms with Crippen molar-refractivity contribution >= 4 is 18.4 Å². The zero-order chi connectivity index (χ0) is 17.8. The van der Waals surface area contributed by atoms with Gasteiger partial charge in [0.15, 0.2) is 0 Å². The fraction of sp³-hybridized carbons (Fsp3) is 0.944. The summed E-state index contributed by atoms with van der Waals surface area (Å²) in [6.45, 7) is 5.84. The number of ether oxygens (including phenoxy) is 1. The molecule has 26 heavy (non-hydrogen) atoms. The van der Waals surface area contributed by atoms with Crippen LogP contribution in [0.5, 0.6) is 0 Å². The largest absolute Gasteiger partial charge is 0.462 e. The first-order chi connectivity index (χ1) is 12.3. The second-order valence-electron chi connectivity index (χ2n) is 7.03. The fourth-order valence-electron chi connectivity index (χ4n) is 3.43.